The number of benzene rings is 2. The van der Waals surface area contributed by atoms with E-state index in [-0.39, 0.29) is 11.9 Å². The Morgan fingerprint density at radius 1 is 1.12 bits per heavy atom. The number of hydrogen-bond donors (Lipinski definition) is 2. The number of amides is 1. The summed E-state index contributed by atoms with van der Waals surface area (Å²) in [5.74, 6) is -0.232. The molecule has 1 fully saturated rings. The van der Waals surface area contributed by atoms with Crippen molar-refractivity contribution in [1.29, 1.82) is 0 Å². The van der Waals surface area contributed by atoms with Gasteiger partial charge in [0.1, 0.15) is 0 Å². The summed E-state index contributed by atoms with van der Waals surface area (Å²) in [6, 6.07) is 12.0. The van der Waals surface area contributed by atoms with E-state index in [1.54, 1.807) is 36.4 Å². The lowest BCUT2D eigenvalue weighted by atomic mass is 10.0. The number of anilines is 1. The number of likely N-dealkylation sites (tertiary alicyclic amines) is 1. The van der Waals surface area contributed by atoms with Crippen LogP contribution in [0.25, 0.3) is 6.08 Å². The first kappa shape index (κ1) is 24.8. The molecule has 0 bridgehead atoms. The van der Waals surface area contributed by atoms with Crippen molar-refractivity contribution >= 4 is 27.7 Å². The Bertz CT molecular complexity index is 1090. The largest absolute Gasteiger partial charge is 0.416 e. The van der Waals surface area contributed by atoms with Crippen LogP contribution < -0.4 is 10.0 Å². The lowest BCUT2D eigenvalue weighted by Crippen LogP contribution is -2.43. The molecule has 6 nitrogen and oxygen atoms in total. The number of nitrogens with one attached hydrogen (secondary N) is 2. The first-order valence-electron chi connectivity index (χ1n) is 10.4. The Hall–Kier alpha value is -2.85. The van der Waals surface area contributed by atoms with E-state index < -0.39 is 21.8 Å². The Balaban J connectivity index is 1.45. The molecule has 178 valence electrons. The fraction of sp³-hybridized carbons (Fsp3) is 0.348. The molecule has 0 radical (unpaired) electrons. The molecule has 1 amide bonds. The van der Waals surface area contributed by atoms with E-state index in [4.69, 9.17) is 0 Å². The molecule has 3 rings (SSSR count). The molecule has 2 aromatic rings. The molecule has 1 heterocycles. The molecule has 2 N–H and O–H groups in total. The van der Waals surface area contributed by atoms with Crippen LogP contribution in [-0.4, -0.2) is 44.6 Å². The fourth-order valence-corrected chi connectivity index (χ4v) is 4.20. The first-order valence-corrected chi connectivity index (χ1v) is 12.3. The molecule has 1 saturated heterocycles. The van der Waals surface area contributed by atoms with Gasteiger partial charge in [0.2, 0.25) is 15.9 Å². The number of halogens is 3. The molecule has 2 aromatic carbocycles. The second kappa shape index (κ2) is 10.4. The zero-order valence-corrected chi connectivity index (χ0v) is 18.9. The molecule has 0 atom stereocenters. The number of carbonyl (C=O) groups is 1. The van der Waals surface area contributed by atoms with E-state index in [1.165, 1.54) is 18.2 Å². The molecular formula is C23H26F3N3O3S. The van der Waals surface area contributed by atoms with Gasteiger partial charge in [0.25, 0.3) is 0 Å². The summed E-state index contributed by atoms with van der Waals surface area (Å²) < 4.78 is 63.5. The minimum atomic E-state index is -4.35. The zero-order valence-electron chi connectivity index (χ0n) is 18.1. The first-order chi connectivity index (χ1) is 15.5. The number of alkyl halides is 3. The maximum Gasteiger partial charge on any atom is 0.416 e. The van der Waals surface area contributed by atoms with E-state index in [0.29, 0.717) is 43.7 Å². The summed E-state index contributed by atoms with van der Waals surface area (Å²) in [5.41, 5.74) is 1.17. The van der Waals surface area contributed by atoms with Gasteiger partial charge in [-0.1, -0.05) is 30.3 Å². The third-order valence-electron chi connectivity index (χ3n) is 5.24. The number of sulfonamides is 1. The fourth-order valence-electron chi connectivity index (χ4n) is 3.64. The lowest BCUT2D eigenvalue weighted by molar-refractivity contribution is -0.137. The van der Waals surface area contributed by atoms with Crippen molar-refractivity contribution < 1.29 is 26.4 Å². The van der Waals surface area contributed by atoms with Crippen molar-refractivity contribution in [2.45, 2.75) is 31.6 Å². The van der Waals surface area contributed by atoms with Crippen LogP contribution in [0, 0.1) is 0 Å². The highest BCUT2D eigenvalue weighted by atomic mass is 32.2. The molecule has 0 saturated carbocycles. The summed E-state index contributed by atoms with van der Waals surface area (Å²) >= 11 is 0. The highest BCUT2D eigenvalue weighted by Crippen LogP contribution is 2.30. The molecular weight excluding hydrogens is 455 g/mol. The average molecular weight is 482 g/mol. The number of rotatable bonds is 7. The van der Waals surface area contributed by atoms with E-state index in [9.17, 15) is 26.4 Å². The zero-order chi connectivity index (χ0) is 24.1. The van der Waals surface area contributed by atoms with Gasteiger partial charge in [-0.3, -0.25) is 14.4 Å². The van der Waals surface area contributed by atoms with Crippen LogP contribution in [0.5, 0.6) is 0 Å². The van der Waals surface area contributed by atoms with Crippen molar-refractivity contribution in [2.24, 2.45) is 0 Å². The number of hydrogen-bond acceptors (Lipinski definition) is 4. The standard InChI is InChI=1S/C23H26F3N3O3S/c1-33(31,32)28-21-8-5-17(6-9-21)7-10-22(30)27-20-11-13-29(14-12-20)16-18-3-2-4-19(15-18)23(24,25)26/h2-10,15,20,28H,11-14,16H2,1H3,(H,27,30)/b10-7+. The average Bonchev–Trinajstić information content (AvgIpc) is 2.73. The molecule has 0 unspecified atom stereocenters. The van der Waals surface area contributed by atoms with Gasteiger partial charge in [0.15, 0.2) is 0 Å². The minimum Gasteiger partial charge on any atom is -0.350 e. The Morgan fingerprint density at radius 2 is 1.79 bits per heavy atom. The molecule has 1 aliphatic rings. The van der Waals surface area contributed by atoms with Gasteiger partial charge in [-0.15, -0.1) is 0 Å². The topological polar surface area (TPSA) is 78.5 Å². The van der Waals surface area contributed by atoms with Crippen molar-refractivity contribution in [3.63, 3.8) is 0 Å². The van der Waals surface area contributed by atoms with Crippen LogP contribution >= 0.6 is 0 Å². The second-order valence-corrected chi connectivity index (χ2v) is 9.84. The number of piperidine rings is 1. The molecule has 0 aliphatic carbocycles. The molecule has 10 heteroatoms. The van der Waals surface area contributed by atoms with Crippen LogP contribution in [0.3, 0.4) is 0 Å². The third-order valence-corrected chi connectivity index (χ3v) is 5.84. The van der Waals surface area contributed by atoms with Gasteiger partial charge in [-0.25, -0.2) is 8.42 Å². The quantitative estimate of drug-likeness (QED) is 0.589. The monoisotopic (exact) mass is 481 g/mol. The highest BCUT2D eigenvalue weighted by molar-refractivity contribution is 7.92. The van der Waals surface area contributed by atoms with Gasteiger partial charge in [0.05, 0.1) is 11.8 Å². The van der Waals surface area contributed by atoms with Crippen LogP contribution in [0.15, 0.2) is 54.6 Å². The van der Waals surface area contributed by atoms with Gasteiger partial charge in [0, 0.05) is 37.4 Å². The Morgan fingerprint density at radius 3 is 2.39 bits per heavy atom. The van der Waals surface area contributed by atoms with E-state index in [0.717, 1.165) is 17.9 Å². The third kappa shape index (κ3) is 8.21. The minimum absolute atomic E-state index is 0.00115. The van der Waals surface area contributed by atoms with Gasteiger partial charge in [-0.05, 0) is 48.2 Å². The number of nitrogens with zero attached hydrogens (tertiary/aromatic N) is 1. The highest BCUT2D eigenvalue weighted by Gasteiger charge is 2.30. The SMILES string of the molecule is CS(=O)(=O)Nc1ccc(/C=C/C(=O)NC2CCN(Cc3cccc(C(F)(F)F)c3)CC2)cc1. The maximum absolute atomic E-state index is 12.9. The maximum atomic E-state index is 12.9. The van der Waals surface area contributed by atoms with E-state index >= 15 is 0 Å². The Labute approximate surface area is 191 Å². The number of carbonyl (C=O) groups excluding carboxylic acids is 1. The molecule has 0 spiro atoms. The van der Waals surface area contributed by atoms with Gasteiger partial charge in [-0.2, -0.15) is 13.2 Å². The molecule has 33 heavy (non-hydrogen) atoms. The summed E-state index contributed by atoms with van der Waals surface area (Å²) in [5, 5.41) is 2.95. The Kier molecular flexibility index (Phi) is 7.80. The molecule has 0 aromatic heterocycles. The smallest absolute Gasteiger partial charge is 0.350 e. The predicted octanol–water partition coefficient (Wildman–Crippen LogP) is 3.87. The van der Waals surface area contributed by atoms with Gasteiger partial charge >= 0.3 is 6.18 Å². The van der Waals surface area contributed by atoms with Crippen molar-refractivity contribution in [3.05, 3.63) is 71.3 Å². The second-order valence-electron chi connectivity index (χ2n) is 8.09. The van der Waals surface area contributed by atoms with Crippen LogP contribution in [0.1, 0.15) is 29.5 Å². The van der Waals surface area contributed by atoms with E-state index in [1.807, 2.05) is 0 Å². The van der Waals surface area contributed by atoms with Crippen LogP contribution in [0.2, 0.25) is 0 Å². The predicted molar refractivity (Wildman–Crippen MR) is 122 cm³/mol. The lowest BCUT2D eigenvalue weighted by Gasteiger charge is -2.32. The molecule has 1 aliphatic heterocycles. The van der Waals surface area contributed by atoms with Crippen LogP contribution in [-0.2, 0) is 27.5 Å². The summed E-state index contributed by atoms with van der Waals surface area (Å²) in [6.07, 6.45) is 1.21. The normalized spacial score (nSPS) is 16.1. The van der Waals surface area contributed by atoms with Crippen molar-refractivity contribution in [3.8, 4) is 0 Å². The van der Waals surface area contributed by atoms with Gasteiger partial charge < -0.3 is 5.32 Å². The van der Waals surface area contributed by atoms with Crippen molar-refractivity contribution in [1.82, 2.24) is 10.2 Å². The summed E-state index contributed by atoms with van der Waals surface area (Å²) in [7, 11) is -3.34. The summed E-state index contributed by atoms with van der Waals surface area (Å²) in [6.45, 7) is 1.80. The van der Waals surface area contributed by atoms with Crippen molar-refractivity contribution in [2.75, 3.05) is 24.1 Å². The summed E-state index contributed by atoms with van der Waals surface area (Å²) in [4.78, 5) is 14.3. The van der Waals surface area contributed by atoms with Crippen LogP contribution in [0.4, 0.5) is 18.9 Å². The van der Waals surface area contributed by atoms with E-state index in [2.05, 4.69) is 14.9 Å².